The van der Waals surface area contributed by atoms with Crippen LogP contribution in [0.3, 0.4) is 0 Å². The topological polar surface area (TPSA) is 18.5 Å². The van der Waals surface area contributed by atoms with Gasteiger partial charge in [0.05, 0.1) is 6.26 Å². The zero-order valence-electron chi connectivity index (χ0n) is 4.26. The van der Waals surface area contributed by atoms with E-state index in [9.17, 15) is 0 Å². The summed E-state index contributed by atoms with van der Waals surface area (Å²) < 4.78 is 9.90. The van der Waals surface area contributed by atoms with Crippen LogP contribution in [0.15, 0.2) is 12.3 Å². The molecule has 2 nitrogen and oxygen atoms in total. The average Bonchev–Trinajstić information content (AvgIpc) is 2.14. The molecule has 3 heteroatoms. The molecular weight excluding hydrogens is 108 g/mol. The van der Waals surface area contributed by atoms with Gasteiger partial charge < -0.3 is 9.16 Å². The Morgan fingerprint density at radius 1 is 1.86 bits per heavy atom. The Morgan fingerprint density at radius 3 is 3.00 bits per heavy atom. The second-order valence-corrected chi connectivity index (χ2v) is 1.88. The number of rotatable bonds is 1. The van der Waals surface area contributed by atoms with Gasteiger partial charge in [0.1, 0.15) is 0 Å². The zero-order valence-corrected chi connectivity index (χ0v) is 6.26. The number of hydrogen-bond acceptors (Lipinski definition) is 2. The number of ether oxygens (including phenoxy) is 1. The van der Waals surface area contributed by atoms with E-state index in [1.54, 1.807) is 6.26 Å². The summed E-state index contributed by atoms with van der Waals surface area (Å²) in [5, 5.41) is 0. The van der Waals surface area contributed by atoms with Gasteiger partial charge in [-0.05, 0) is 6.08 Å². The minimum absolute atomic E-state index is 0.0478. The Hall–Kier alpha value is -0.283. The standard InChI is InChI=1S/C4H8O2Si/c7-6-4-2-1-3-5-4/h1,3-4H,2H2,7H3. The molecule has 0 radical (unpaired) electrons. The monoisotopic (exact) mass is 116 g/mol. The second kappa shape index (κ2) is 2.14. The summed E-state index contributed by atoms with van der Waals surface area (Å²) in [6.07, 6.45) is 4.61. The Bertz CT molecular complexity index is 73.8. The molecule has 1 heterocycles. The van der Waals surface area contributed by atoms with Gasteiger partial charge in [0.15, 0.2) is 16.8 Å². The molecule has 0 N–H and O–H groups in total. The third kappa shape index (κ3) is 1.04. The molecule has 0 aromatic heterocycles. The van der Waals surface area contributed by atoms with Crippen LogP contribution in [0.5, 0.6) is 0 Å². The molecule has 0 amide bonds. The highest BCUT2D eigenvalue weighted by molar-refractivity contribution is 5.98. The Balaban J connectivity index is 2.22. The minimum atomic E-state index is 0.0478. The van der Waals surface area contributed by atoms with Crippen molar-refractivity contribution in [2.24, 2.45) is 0 Å². The van der Waals surface area contributed by atoms with Crippen LogP contribution in [-0.2, 0) is 9.16 Å². The second-order valence-electron chi connectivity index (χ2n) is 1.41. The lowest BCUT2D eigenvalue weighted by atomic mass is 10.4. The first-order valence-corrected chi connectivity index (χ1v) is 3.08. The smallest absolute Gasteiger partial charge is 0.192 e. The van der Waals surface area contributed by atoms with Crippen LogP contribution in [0.25, 0.3) is 0 Å². The van der Waals surface area contributed by atoms with Crippen molar-refractivity contribution in [1.82, 2.24) is 0 Å². The fourth-order valence-electron chi connectivity index (χ4n) is 0.517. The molecule has 1 aliphatic heterocycles. The van der Waals surface area contributed by atoms with Gasteiger partial charge in [-0.3, -0.25) is 0 Å². The van der Waals surface area contributed by atoms with Crippen molar-refractivity contribution in [3.63, 3.8) is 0 Å². The van der Waals surface area contributed by atoms with Gasteiger partial charge in [0.2, 0.25) is 0 Å². The third-order valence-corrected chi connectivity index (χ3v) is 1.44. The van der Waals surface area contributed by atoms with Crippen molar-refractivity contribution in [1.29, 1.82) is 0 Å². The molecular formula is C4H8O2Si. The lowest BCUT2D eigenvalue weighted by Crippen LogP contribution is -2.06. The Kier molecular flexibility index (Phi) is 1.48. The SMILES string of the molecule is [SiH3]OC1CC=CO1. The van der Waals surface area contributed by atoms with E-state index in [-0.39, 0.29) is 6.29 Å². The van der Waals surface area contributed by atoms with Gasteiger partial charge in [0, 0.05) is 6.42 Å². The molecule has 1 aliphatic rings. The molecule has 0 saturated carbocycles. The highest BCUT2D eigenvalue weighted by atomic mass is 28.2. The Morgan fingerprint density at radius 2 is 2.71 bits per heavy atom. The summed E-state index contributed by atoms with van der Waals surface area (Å²) in [4.78, 5) is 0. The van der Waals surface area contributed by atoms with Crippen LogP contribution in [0.2, 0.25) is 0 Å². The fraction of sp³-hybridized carbons (Fsp3) is 0.500. The molecule has 0 fully saturated rings. The highest BCUT2D eigenvalue weighted by Crippen LogP contribution is 2.07. The van der Waals surface area contributed by atoms with Gasteiger partial charge in [-0.25, -0.2) is 0 Å². The molecule has 0 aromatic carbocycles. The predicted molar refractivity (Wildman–Crippen MR) is 29.7 cm³/mol. The molecule has 0 aromatic rings. The van der Waals surface area contributed by atoms with Crippen LogP contribution in [0.1, 0.15) is 6.42 Å². The molecule has 1 unspecified atom stereocenters. The molecule has 0 spiro atoms. The van der Waals surface area contributed by atoms with Gasteiger partial charge in [-0.15, -0.1) is 0 Å². The van der Waals surface area contributed by atoms with Gasteiger partial charge in [-0.1, -0.05) is 0 Å². The summed E-state index contributed by atoms with van der Waals surface area (Å²) in [6.45, 7) is 0. The predicted octanol–water partition coefficient (Wildman–Crippen LogP) is -0.457. The van der Waals surface area contributed by atoms with Crippen molar-refractivity contribution in [3.8, 4) is 0 Å². The average molecular weight is 116 g/mol. The summed E-state index contributed by atoms with van der Waals surface area (Å²) in [5.41, 5.74) is 0. The van der Waals surface area contributed by atoms with Crippen molar-refractivity contribution in [3.05, 3.63) is 12.3 Å². The maximum absolute atomic E-state index is 4.97. The van der Waals surface area contributed by atoms with E-state index in [4.69, 9.17) is 9.16 Å². The molecule has 1 atom stereocenters. The fourth-order valence-corrected chi connectivity index (χ4v) is 0.821. The van der Waals surface area contributed by atoms with E-state index >= 15 is 0 Å². The van der Waals surface area contributed by atoms with Crippen molar-refractivity contribution < 1.29 is 9.16 Å². The minimum Gasteiger partial charge on any atom is -0.474 e. The first-order chi connectivity index (χ1) is 3.43. The summed E-state index contributed by atoms with van der Waals surface area (Å²) in [7, 11) is 0.767. The lowest BCUT2D eigenvalue weighted by molar-refractivity contribution is -0.00467. The first kappa shape index (κ1) is 4.87. The van der Waals surface area contributed by atoms with E-state index in [0.29, 0.717) is 0 Å². The molecule has 0 saturated heterocycles. The zero-order chi connectivity index (χ0) is 5.11. The van der Waals surface area contributed by atoms with E-state index in [2.05, 4.69) is 0 Å². The molecule has 0 aliphatic carbocycles. The van der Waals surface area contributed by atoms with Crippen LogP contribution in [0.4, 0.5) is 0 Å². The summed E-state index contributed by atoms with van der Waals surface area (Å²) in [5.74, 6) is 0. The Labute approximate surface area is 45.7 Å². The van der Waals surface area contributed by atoms with Crippen LogP contribution >= 0.6 is 0 Å². The van der Waals surface area contributed by atoms with Crippen molar-refractivity contribution >= 4 is 10.5 Å². The molecule has 0 bridgehead atoms. The van der Waals surface area contributed by atoms with Crippen LogP contribution < -0.4 is 0 Å². The van der Waals surface area contributed by atoms with E-state index in [0.717, 1.165) is 16.9 Å². The quantitative estimate of drug-likeness (QED) is 0.432. The third-order valence-electron chi connectivity index (χ3n) is 0.918. The van der Waals surface area contributed by atoms with Crippen molar-refractivity contribution in [2.75, 3.05) is 0 Å². The van der Waals surface area contributed by atoms with E-state index in [1.807, 2.05) is 6.08 Å². The highest BCUT2D eigenvalue weighted by Gasteiger charge is 2.06. The first-order valence-electron chi connectivity index (χ1n) is 2.27. The molecule has 1 rings (SSSR count). The largest absolute Gasteiger partial charge is 0.474 e. The van der Waals surface area contributed by atoms with Crippen LogP contribution in [-0.4, -0.2) is 16.8 Å². The van der Waals surface area contributed by atoms with Gasteiger partial charge in [0.25, 0.3) is 0 Å². The van der Waals surface area contributed by atoms with E-state index < -0.39 is 0 Å². The van der Waals surface area contributed by atoms with Crippen LogP contribution in [0, 0.1) is 0 Å². The molecule has 7 heavy (non-hydrogen) atoms. The van der Waals surface area contributed by atoms with Gasteiger partial charge >= 0.3 is 0 Å². The van der Waals surface area contributed by atoms with E-state index in [1.165, 1.54) is 0 Å². The van der Waals surface area contributed by atoms with Crippen molar-refractivity contribution in [2.45, 2.75) is 12.7 Å². The normalized spacial score (nSPS) is 28.3. The molecule has 40 valence electrons. The maximum Gasteiger partial charge on any atom is 0.192 e. The van der Waals surface area contributed by atoms with Gasteiger partial charge in [-0.2, -0.15) is 0 Å². The lowest BCUT2D eigenvalue weighted by Gasteiger charge is -2.05. The summed E-state index contributed by atoms with van der Waals surface area (Å²) in [6, 6.07) is 0. The maximum atomic E-state index is 4.97. The number of hydrogen-bond donors (Lipinski definition) is 0. The summed E-state index contributed by atoms with van der Waals surface area (Å²) >= 11 is 0.